The van der Waals surface area contributed by atoms with Crippen LogP contribution in [0.15, 0.2) is 44.0 Å². The first-order chi connectivity index (χ1) is 8.74. The molecule has 2 heterocycles. The number of H-pyrrole nitrogens is 1. The second-order valence-corrected chi connectivity index (χ2v) is 5.40. The predicted octanol–water partition coefficient (Wildman–Crippen LogP) is 4.29. The van der Waals surface area contributed by atoms with Gasteiger partial charge in [-0.3, -0.25) is 5.10 Å². The lowest BCUT2D eigenvalue weighted by Crippen LogP contribution is -1.98. The summed E-state index contributed by atoms with van der Waals surface area (Å²) in [5.41, 5.74) is 2.05. The average Bonchev–Trinajstić information content (AvgIpc) is 2.94. The minimum Gasteiger partial charge on any atom is -0.451 e. The molecule has 0 aliphatic heterocycles. The third-order valence-corrected chi connectivity index (χ3v) is 4.34. The fourth-order valence-corrected chi connectivity index (χ4v) is 2.44. The molecule has 2 N–H and O–H groups in total. The molecule has 0 bridgehead atoms. The van der Waals surface area contributed by atoms with Crippen LogP contribution in [0.3, 0.4) is 0 Å². The zero-order chi connectivity index (χ0) is 12.5. The van der Waals surface area contributed by atoms with E-state index in [0.717, 1.165) is 26.8 Å². The first kappa shape index (κ1) is 11.8. The van der Waals surface area contributed by atoms with Crippen molar-refractivity contribution < 1.29 is 4.42 Å². The van der Waals surface area contributed by atoms with E-state index in [2.05, 4.69) is 47.4 Å². The van der Waals surface area contributed by atoms with Gasteiger partial charge in [-0.05, 0) is 50.1 Å². The number of nitrogens with one attached hydrogen (secondary N) is 2. The van der Waals surface area contributed by atoms with E-state index >= 15 is 0 Å². The summed E-state index contributed by atoms with van der Waals surface area (Å²) in [6.07, 6.45) is 1.81. The van der Waals surface area contributed by atoms with Gasteiger partial charge in [-0.25, -0.2) is 0 Å². The summed E-state index contributed by atoms with van der Waals surface area (Å²) in [6, 6.07) is 7.93. The molecule has 0 saturated carbocycles. The number of benzene rings is 1. The molecule has 0 unspecified atom stereocenters. The lowest BCUT2D eigenvalue weighted by atomic mass is 10.2. The third-order valence-electron chi connectivity index (χ3n) is 2.63. The van der Waals surface area contributed by atoms with Crippen LogP contribution in [0.2, 0.25) is 0 Å². The first-order valence-corrected chi connectivity index (χ1v) is 6.92. The van der Waals surface area contributed by atoms with E-state index in [1.165, 1.54) is 0 Å². The summed E-state index contributed by atoms with van der Waals surface area (Å²) in [7, 11) is 0. The molecule has 0 fully saturated rings. The molecule has 92 valence electrons. The second-order valence-electron chi connectivity index (χ2n) is 3.82. The normalized spacial score (nSPS) is 11.0. The topological polar surface area (TPSA) is 53.9 Å². The van der Waals surface area contributed by atoms with Crippen molar-refractivity contribution in [3.63, 3.8) is 0 Å². The van der Waals surface area contributed by atoms with Gasteiger partial charge in [-0.1, -0.05) is 6.07 Å². The van der Waals surface area contributed by atoms with E-state index in [1.807, 2.05) is 30.5 Å². The fourth-order valence-electron chi connectivity index (χ4n) is 1.78. The fraction of sp³-hybridized carbons (Fsp3) is 0.0833. The summed E-state index contributed by atoms with van der Waals surface area (Å²) in [5, 5.41) is 11.4. The number of fused-ring (bicyclic) bond motifs is 1. The molecule has 1 aromatic carbocycles. The Labute approximate surface area is 120 Å². The maximum atomic E-state index is 5.51. The van der Waals surface area contributed by atoms with Gasteiger partial charge < -0.3 is 9.73 Å². The molecule has 0 aliphatic carbocycles. The number of anilines is 1. The molecule has 0 aliphatic rings. The second kappa shape index (κ2) is 4.78. The van der Waals surface area contributed by atoms with E-state index in [4.69, 9.17) is 4.42 Å². The van der Waals surface area contributed by atoms with Gasteiger partial charge in [-0.15, -0.1) is 0 Å². The van der Waals surface area contributed by atoms with Gasteiger partial charge in [0.15, 0.2) is 4.67 Å². The van der Waals surface area contributed by atoms with Gasteiger partial charge in [-0.2, -0.15) is 5.10 Å². The average molecular weight is 371 g/mol. The Morgan fingerprint density at radius 3 is 3.00 bits per heavy atom. The van der Waals surface area contributed by atoms with Gasteiger partial charge >= 0.3 is 0 Å². The summed E-state index contributed by atoms with van der Waals surface area (Å²) in [4.78, 5) is 0. The van der Waals surface area contributed by atoms with E-state index in [-0.39, 0.29) is 0 Å². The van der Waals surface area contributed by atoms with Crippen molar-refractivity contribution in [2.24, 2.45) is 0 Å². The molecular weight excluding hydrogens is 362 g/mol. The molecule has 18 heavy (non-hydrogen) atoms. The van der Waals surface area contributed by atoms with Crippen molar-refractivity contribution in [1.29, 1.82) is 0 Å². The minimum atomic E-state index is 0.620. The van der Waals surface area contributed by atoms with Crippen molar-refractivity contribution in [3.8, 4) is 0 Å². The van der Waals surface area contributed by atoms with Crippen LogP contribution < -0.4 is 5.32 Å². The smallest absolute Gasteiger partial charge is 0.183 e. The Morgan fingerprint density at radius 1 is 1.33 bits per heavy atom. The lowest BCUT2D eigenvalue weighted by molar-refractivity contribution is 0.494. The molecule has 0 saturated heterocycles. The van der Waals surface area contributed by atoms with E-state index in [9.17, 15) is 0 Å². The Balaban J connectivity index is 1.82. The van der Waals surface area contributed by atoms with Crippen molar-refractivity contribution in [2.45, 2.75) is 6.54 Å². The number of rotatable bonds is 3. The molecule has 4 nitrogen and oxygen atoms in total. The van der Waals surface area contributed by atoms with Crippen LogP contribution in [-0.2, 0) is 6.54 Å². The van der Waals surface area contributed by atoms with Gasteiger partial charge in [0, 0.05) is 11.1 Å². The van der Waals surface area contributed by atoms with Gasteiger partial charge in [0.1, 0.15) is 5.76 Å². The van der Waals surface area contributed by atoms with E-state index < -0.39 is 0 Å². The molecule has 0 radical (unpaired) electrons. The number of nitrogens with zero attached hydrogens (tertiary/aromatic N) is 1. The number of aromatic amines is 1. The largest absolute Gasteiger partial charge is 0.451 e. The van der Waals surface area contributed by atoms with E-state index in [0.29, 0.717) is 11.2 Å². The van der Waals surface area contributed by atoms with Gasteiger partial charge in [0.05, 0.1) is 22.7 Å². The van der Waals surface area contributed by atoms with Crippen LogP contribution in [0, 0.1) is 0 Å². The summed E-state index contributed by atoms with van der Waals surface area (Å²) in [6.45, 7) is 0.620. The number of halogens is 2. The predicted molar refractivity (Wildman–Crippen MR) is 77.5 cm³/mol. The van der Waals surface area contributed by atoms with Gasteiger partial charge in [0.2, 0.25) is 0 Å². The number of hydrogen-bond donors (Lipinski definition) is 2. The number of hydrogen-bond acceptors (Lipinski definition) is 3. The zero-order valence-corrected chi connectivity index (χ0v) is 12.4. The van der Waals surface area contributed by atoms with Crippen LogP contribution in [0.25, 0.3) is 10.9 Å². The molecule has 2 aromatic heterocycles. The maximum absolute atomic E-state index is 5.51. The van der Waals surface area contributed by atoms with Gasteiger partial charge in [0.25, 0.3) is 0 Å². The van der Waals surface area contributed by atoms with Crippen LogP contribution in [0.5, 0.6) is 0 Å². The van der Waals surface area contributed by atoms with Crippen molar-refractivity contribution in [3.05, 3.63) is 45.4 Å². The lowest BCUT2D eigenvalue weighted by Gasteiger charge is -2.05. The monoisotopic (exact) mass is 369 g/mol. The standard InChI is InChI=1S/C12H9Br2N3O/c13-9-4-7(18-12(9)14)5-15-10-2-1-3-11-8(10)6-16-17-11/h1-4,6,15H,5H2,(H,16,17). The summed E-state index contributed by atoms with van der Waals surface area (Å²) >= 11 is 6.71. The Hall–Kier alpha value is -1.27. The first-order valence-electron chi connectivity index (χ1n) is 5.34. The number of aromatic nitrogens is 2. The van der Waals surface area contributed by atoms with Crippen molar-refractivity contribution >= 4 is 48.5 Å². The molecule has 0 atom stereocenters. The zero-order valence-electron chi connectivity index (χ0n) is 9.21. The Kier molecular flexibility index (Phi) is 3.13. The molecule has 0 amide bonds. The Morgan fingerprint density at radius 2 is 2.22 bits per heavy atom. The van der Waals surface area contributed by atoms with Crippen molar-refractivity contribution in [1.82, 2.24) is 10.2 Å². The third kappa shape index (κ3) is 2.18. The highest BCUT2D eigenvalue weighted by atomic mass is 79.9. The number of furan rings is 1. The molecule has 3 aromatic rings. The van der Waals surface area contributed by atoms with Crippen LogP contribution in [0.4, 0.5) is 5.69 Å². The minimum absolute atomic E-state index is 0.620. The SMILES string of the molecule is Brc1cc(CNc2cccc3[nH]ncc23)oc1Br. The van der Waals surface area contributed by atoms with Crippen LogP contribution in [-0.4, -0.2) is 10.2 Å². The summed E-state index contributed by atoms with van der Waals surface area (Å²) in [5.74, 6) is 0.856. The van der Waals surface area contributed by atoms with Crippen LogP contribution >= 0.6 is 31.9 Å². The Bertz CT molecular complexity index is 670. The summed E-state index contributed by atoms with van der Waals surface area (Å²) < 4.78 is 7.14. The maximum Gasteiger partial charge on any atom is 0.183 e. The molecule has 0 spiro atoms. The molecule has 3 rings (SSSR count). The van der Waals surface area contributed by atoms with Crippen molar-refractivity contribution in [2.75, 3.05) is 5.32 Å². The highest BCUT2D eigenvalue weighted by Gasteiger charge is 2.07. The molecule has 6 heteroatoms. The van der Waals surface area contributed by atoms with E-state index in [1.54, 1.807) is 0 Å². The highest BCUT2D eigenvalue weighted by molar-refractivity contribution is 9.13. The molecular formula is C12H9Br2N3O. The highest BCUT2D eigenvalue weighted by Crippen LogP contribution is 2.28. The quantitative estimate of drug-likeness (QED) is 0.722. The van der Waals surface area contributed by atoms with Crippen LogP contribution in [0.1, 0.15) is 5.76 Å².